The molecule has 0 aromatic heterocycles. The number of hydrogen-bond donors (Lipinski definition) is 4. The van der Waals surface area contributed by atoms with Crippen LogP contribution < -0.4 is 0 Å². The molecule has 0 aliphatic carbocycles. The summed E-state index contributed by atoms with van der Waals surface area (Å²) in [6.45, 7) is 2.11. The Balaban J connectivity index is 2.30. The molecule has 0 saturated carbocycles. The van der Waals surface area contributed by atoms with Gasteiger partial charge in [-0.25, -0.2) is 0 Å². The normalized spacial score (nSPS) is 25.9. The molecule has 6 nitrogen and oxygen atoms in total. The second-order valence-electron chi connectivity index (χ2n) is 6.95. The van der Waals surface area contributed by atoms with Crippen molar-refractivity contribution < 1.29 is 30.0 Å². The fraction of sp³-hybridized carbons (Fsp3) is 0.750. The first-order chi connectivity index (χ1) is 12.4. The summed E-state index contributed by atoms with van der Waals surface area (Å²) in [5.74, 6) is -0.804. The lowest BCUT2D eigenvalue weighted by molar-refractivity contribution is -0.137. The van der Waals surface area contributed by atoms with Crippen molar-refractivity contribution in [2.75, 3.05) is 0 Å². The fourth-order valence-electron chi connectivity index (χ4n) is 2.96. The molecule has 4 N–H and O–H groups in total. The van der Waals surface area contributed by atoms with E-state index in [1.54, 1.807) is 12.2 Å². The molecule has 150 valence electrons. The Hall–Kier alpha value is -1.21. The number of aliphatic hydroxyl groups excluding tert-OH is 3. The van der Waals surface area contributed by atoms with E-state index in [0.29, 0.717) is 32.1 Å². The minimum absolute atomic E-state index is 0.142. The highest BCUT2D eigenvalue weighted by molar-refractivity contribution is 5.66. The van der Waals surface area contributed by atoms with Gasteiger partial charge in [0, 0.05) is 12.8 Å². The first-order valence-electron chi connectivity index (χ1n) is 9.68. The van der Waals surface area contributed by atoms with E-state index in [1.165, 1.54) is 0 Å². The monoisotopic (exact) mass is 370 g/mol. The summed E-state index contributed by atoms with van der Waals surface area (Å²) in [4.78, 5) is 10.4. The van der Waals surface area contributed by atoms with Crippen LogP contribution in [-0.2, 0) is 9.53 Å². The molecular weight excluding hydrogens is 336 g/mol. The number of carboxylic acid groups (broad SMARTS) is 1. The second kappa shape index (κ2) is 13.0. The maximum atomic E-state index is 10.4. The SMILES string of the molecule is CCCCC[C@H](O)/C=C/[C@@H]1O[C@@H]([C@H](O)C/C=C\CCCC(=O)O)C[C@H]1O. The minimum atomic E-state index is -0.804. The Bertz CT molecular complexity index is 448. The number of ether oxygens (including phenoxy) is 1. The van der Waals surface area contributed by atoms with Gasteiger partial charge in [-0.15, -0.1) is 0 Å². The van der Waals surface area contributed by atoms with Crippen molar-refractivity contribution in [3.05, 3.63) is 24.3 Å². The van der Waals surface area contributed by atoms with Gasteiger partial charge in [-0.05, 0) is 25.7 Å². The number of carbonyl (C=O) groups is 1. The molecule has 1 fully saturated rings. The topological polar surface area (TPSA) is 107 Å². The van der Waals surface area contributed by atoms with Gasteiger partial charge in [-0.3, -0.25) is 4.79 Å². The number of rotatable bonds is 13. The first kappa shape index (κ1) is 22.8. The van der Waals surface area contributed by atoms with Crippen molar-refractivity contribution in [3.63, 3.8) is 0 Å². The third kappa shape index (κ3) is 9.48. The zero-order chi connectivity index (χ0) is 19.4. The number of aliphatic hydroxyl groups is 3. The van der Waals surface area contributed by atoms with Crippen LogP contribution >= 0.6 is 0 Å². The summed E-state index contributed by atoms with van der Waals surface area (Å²) in [6.07, 6.45) is 10.2. The van der Waals surface area contributed by atoms with Crippen LogP contribution in [0, 0.1) is 0 Å². The Labute approximate surface area is 156 Å². The third-order valence-electron chi connectivity index (χ3n) is 4.55. The van der Waals surface area contributed by atoms with E-state index in [4.69, 9.17) is 9.84 Å². The molecule has 0 aromatic carbocycles. The van der Waals surface area contributed by atoms with Crippen LogP contribution in [0.5, 0.6) is 0 Å². The lowest BCUT2D eigenvalue weighted by Gasteiger charge is -2.16. The Kier molecular flexibility index (Phi) is 11.4. The highest BCUT2D eigenvalue weighted by Crippen LogP contribution is 2.25. The Morgan fingerprint density at radius 2 is 2.00 bits per heavy atom. The first-order valence-corrected chi connectivity index (χ1v) is 9.68. The summed E-state index contributed by atoms with van der Waals surface area (Å²) in [5, 5.41) is 38.7. The molecule has 0 unspecified atom stereocenters. The number of carboxylic acids is 1. The van der Waals surface area contributed by atoms with Gasteiger partial charge in [0.25, 0.3) is 0 Å². The minimum Gasteiger partial charge on any atom is -0.481 e. The van der Waals surface area contributed by atoms with Gasteiger partial charge in [0.1, 0.15) is 6.10 Å². The van der Waals surface area contributed by atoms with Crippen molar-refractivity contribution in [1.29, 1.82) is 0 Å². The summed E-state index contributed by atoms with van der Waals surface area (Å²) in [7, 11) is 0. The number of allylic oxidation sites excluding steroid dienone is 1. The van der Waals surface area contributed by atoms with Crippen LogP contribution in [0.2, 0.25) is 0 Å². The Morgan fingerprint density at radius 3 is 2.69 bits per heavy atom. The van der Waals surface area contributed by atoms with Crippen molar-refractivity contribution >= 4 is 5.97 Å². The molecular formula is C20H34O6. The molecule has 0 spiro atoms. The lowest BCUT2D eigenvalue weighted by Crippen LogP contribution is -2.25. The third-order valence-corrected chi connectivity index (χ3v) is 4.55. The Morgan fingerprint density at radius 1 is 1.23 bits per heavy atom. The standard InChI is InChI=1S/C20H34O6/c1-2-3-6-9-15(21)12-13-18-17(23)14-19(26-18)16(22)10-7-4-5-8-11-20(24)25/h4,7,12-13,15-19,21-23H,2-3,5-6,8-11,14H2,1H3,(H,24,25)/b7-4-,13-12+/t15-,16+,17+,18-,19+/m0/s1. The van der Waals surface area contributed by atoms with Crippen molar-refractivity contribution in [3.8, 4) is 0 Å². The van der Waals surface area contributed by atoms with Gasteiger partial charge in [0.2, 0.25) is 0 Å². The molecule has 0 aromatic rings. The van der Waals surface area contributed by atoms with Gasteiger partial charge < -0.3 is 25.2 Å². The lowest BCUT2D eigenvalue weighted by atomic mass is 10.0. The predicted octanol–water partition coefficient (Wildman–Crippen LogP) is 2.56. The summed E-state index contributed by atoms with van der Waals surface area (Å²) in [5.41, 5.74) is 0. The van der Waals surface area contributed by atoms with Gasteiger partial charge in [0.15, 0.2) is 0 Å². The molecule has 0 bridgehead atoms. The van der Waals surface area contributed by atoms with E-state index in [0.717, 1.165) is 19.3 Å². The van der Waals surface area contributed by atoms with E-state index in [9.17, 15) is 20.1 Å². The van der Waals surface area contributed by atoms with Gasteiger partial charge in [-0.1, -0.05) is 50.5 Å². The maximum Gasteiger partial charge on any atom is 0.303 e. The smallest absolute Gasteiger partial charge is 0.303 e. The number of hydrogen-bond acceptors (Lipinski definition) is 5. The average Bonchev–Trinajstić information content (AvgIpc) is 2.97. The van der Waals surface area contributed by atoms with Crippen LogP contribution in [-0.4, -0.2) is 56.9 Å². The van der Waals surface area contributed by atoms with Gasteiger partial charge in [0.05, 0.1) is 24.4 Å². The molecule has 1 aliphatic heterocycles. The van der Waals surface area contributed by atoms with Gasteiger partial charge >= 0.3 is 5.97 Å². The highest BCUT2D eigenvalue weighted by atomic mass is 16.5. The predicted molar refractivity (Wildman–Crippen MR) is 99.8 cm³/mol. The molecule has 0 amide bonds. The van der Waals surface area contributed by atoms with E-state index < -0.39 is 36.5 Å². The molecule has 0 radical (unpaired) electrons. The molecule has 6 heteroatoms. The fourth-order valence-corrected chi connectivity index (χ4v) is 2.96. The quantitative estimate of drug-likeness (QED) is 0.293. The van der Waals surface area contributed by atoms with E-state index in [2.05, 4.69) is 6.92 Å². The second-order valence-corrected chi connectivity index (χ2v) is 6.95. The van der Waals surface area contributed by atoms with Crippen molar-refractivity contribution in [2.24, 2.45) is 0 Å². The zero-order valence-electron chi connectivity index (χ0n) is 15.7. The zero-order valence-corrected chi connectivity index (χ0v) is 15.7. The van der Waals surface area contributed by atoms with Crippen LogP contribution in [0.25, 0.3) is 0 Å². The molecule has 26 heavy (non-hydrogen) atoms. The molecule has 1 saturated heterocycles. The van der Waals surface area contributed by atoms with Crippen LogP contribution in [0.1, 0.15) is 64.7 Å². The molecule has 1 heterocycles. The maximum absolute atomic E-state index is 10.4. The number of unbranched alkanes of at least 4 members (excludes halogenated alkanes) is 3. The highest BCUT2D eigenvalue weighted by Gasteiger charge is 2.35. The summed E-state index contributed by atoms with van der Waals surface area (Å²) in [6, 6.07) is 0. The summed E-state index contributed by atoms with van der Waals surface area (Å²) < 4.78 is 5.71. The largest absolute Gasteiger partial charge is 0.481 e. The van der Waals surface area contributed by atoms with Crippen molar-refractivity contribution in [2.45, 2.75) is 95.2 Å². The molecule has 1 aliphatic rings. The molecule has 1 rings (SSSR count). The average molecular weight is 370 g/mol. The number of aliphatic carboxylic acids is 1. The van der Waals surface area contributed by atoms with E-state index in [-0.39, 0.29) is 6.42 Å². The van der Waals surface area contributed by atoms with Gasteiger partial charge in [-0.2, -0.15) is 0 Å². The molecule has 5 atom stereocenters. The van der Waals surface area contributed by atoms with Crippen molar-refractivity contribution in [1.82, 2.24) is 0 Å². The van der Waals surface area contributed by atoms with E-state index >= 15 is 0 Å². The summed E-state index contributed by atoms with van der Waals surface area (Å²) >= 11 is 0. The van der Waals surface area contributed by atoms with Crippen LogP contribution in [0.4, 0.5) is 0 Å². The van der Waals surface area contributed by atoms with Crippen LogP contribution in [0.15, 0.2) is 24.3 Å². The van der Waals surface area contributed by atoms with E-state index in [1.807, 2.05) is 12.2 Å². The van der Waals surface area contributed by atoms with Crippen LogP contribution in [0.3, 0.4) is 0 Å².